The molecular formula is C14H22N2O2. The van der Waals surface area contributed by atoms with Crippen molar-refractivity contribution in [3.63, 3.8) is 0 Å². The van der Waals surface area contributed by atoms with Crippen LogP contribution in [0.15, 0.2) is 24.3 Å². The number of ether oxygens (including phenoxy) is 1. The van der Waals surface area contributed by atoms with Gasteiger partial charge in [-0.25, -0.2) is 0 Å². The number of methoxy groups -OCH3 is 1. The van der Waals surface area contributed by atoms with Gasteiger partial charge in [0.2, 0.25) is 5.91 Å². The molecule has 0 heterocycles. The Morgan fingerprint density at radius 2 is 2.11 bits per heavy atom. The van der Waals surface area contributed by atoms with Gasteiger partial charge >= 0.3 is 0 Å². The molecule has 100 valence electrons. The standard InChI is InChI=1S/C14H22N2O2/c1-12-6-3-4-7-13(12)16(10-5-9-15)14(17)8-11-18-2/h3-4,6-7H,5,8-11,15H2,1-2H3. The van der Waals surface area contributed by atoms with E-state index in [0.29, 0.717) is 26.1 Å². The van der Waals surface area contributed by atoms with Crippen molar-refractivity contribution in [3.05, 3.63) is 29.8 Å². The minimum absolute atomic E-state index is 0.0830. The zero-order valence-electron chi connectivity index (χ0n) is 11.2. The molecule has 4 nitrogen and oxygen atoms in total. The van der Waals surface area contributed by atoms with Crippen LogP contribution in [0.25, 0.3) is 0 Å². The first-order chi connectivity index (χ1) is 8.70. The highest BCUT2D eigenvalue weighted by Crippen LogP contribution is 2.20. The Balaban J connectivity index is 2.83. The molecule has 0 unspecified atom stereocenters. The number of para-hydroxylation sites is 1. The minimum Gasteiger partial charge on any atom is -0.384 e. The number of hydrogen-bond donors (Lipinski definition) is 1. The van der Waals surface area contributed by atoms with Gasteiger partial charge < -0.3 is 15.4 Å². The van der Waals surface area contributed by atoms with Crippen LogP contribution in [0.5, 0.6) is 0 Å². The van der Waals surface area contributed by atoms with Crippen molar-refractivity contribution in [1.29, 1.82) is 0 Å². The van der Waals surface area contributed by atoms with Gasteiger partial charge in [-0.15, -0.1) is 0 Å². The maximum Gasteiger partial charge on any atom is 0.229 e. The smallest absolute Gasteiger partial charge is 0.229 e. The fourth-order valence-corrected chi connectivity index (χ4v) is 1.82. The Hall–Kier alpha value is -1.39. The van der Waals surface area contributed by atoms with Crippen LogP contribution in [0, 0.1) is 6.92 Å². The summed E-state index contributed by atoms with van der Waals surface area (Å²) in [7, 11) is 1.60. The third kappa shape index (κ3) is 4.13. The van der Waals surface area contributed by atoms with Gasteiger partial charge in [0.1, 0.15) is 0 Å². The molecule has 1 rings (SSSR count). The van der Waals surface area contributed by atoms with Crippen LogP contribution in [-0.4, -0.2) is 32.7 Å². The third-order valence-corrected chi connectivity index (χ3v) is 2.81. The molecule has 0 aliphatic heterocycles. The zero-order chi connectivity index (χ0) is 13.4. The second-order valence-corrected chi connectivity index (χ2v) is 4.22. The summed E-state index contributed by atoms with van der Waals surface area (Å²) in [5.74, 6) is 0.0830. The first-order valence-corrected chi connectivity index (χ1v) is 6.25. The average molecular weight is 250 g/mol. The molecule has 0 bridgehead atoms. The summed E-state index contributed by atoms with van der Waals surface area (Å²) < 4.78 is 4.96. The van der Waals surface area contributed by atoms with Gasteiger partial charge in [0.15, 0.2) is 0 Å². The van der Waals surface area contributed by atoms with Crippen molar-refractivity contribution >= 4 is 11.6 Å². The molecule has 0 aliphatic rings. The van der Waals surface area contributed by atoms with Gasteiger partial charge in [0.05, 0.1) is 13.0 Å². The predicted molar refractivity (Wildman–Crippen MR) is 73.7 cm³/mol. The van der Waals surface area contributed by atoms with E-state index in [0.717, 1.165) is 17.7 Å². The van der Waals surface area contributed by atoms with E-state index in [1.807, 2.05) is 31.2 Å². The lowest BCUT2D eigenvalue weighted by Gasteiger charge is -2.24. The number of hydrogen-bond acceptors (Lipinski definition) is 3. The highest BCUT2D eigenvalue weighted by molar-refractivity contribution is 5.94. The van der Waals surface area contributed by atoms with Crippen LogP contribution < -0.4 is 10.6 Å². The van der Waals surface area contributed by atoms with Gasteiger partial charge in [-0.3, -0.25) is 4.79 Å². The van der Waals surface area contributed by atoms with E-state index < -0.39 is 0 Å². The molecule has 0 aliphatic carbocycles. The Morgan fingerprint density at radius 3 is 2.72 bits per heavy atom. The summed E-state index contributed by atoms with van der Waals surface area (Å²) in [5.41, 5.74) is 7.59. The maximum absolute atomic E-state index is 12.2. The van der Waals surface area contributed by atoms with Crippen molar-refractivity contribution in [3.8, 4) is 0 Å². The third-order valence-electron chi connectivity index (χ3n) is 2.81. The summed E-state index contributed by atoms with van der Waals surface area (Å²) in [5, 5.41) is 0. The lowest BCUT2D eigenvalue weighted by atomic mass is 10.1. The van der Waals surface area contributed by atoms with Gasteiger partial charge in [-0.1, -0.05) is 18.2 Å². The number of anilines is 1. The van der Waals surface area contributed by atoms with Crippen LogP contribution in [0.1, 0.15) is 18.4 Å². The molecule has 0 radical (unpaired) electrons. The summed E-state index contributed by atoms with van der Waals surface area (Å²) in [4.78, 5) is 14.0. The van der Waals surface area contributed by atoms with Gasteiger partial charge in [0.25, 0.3) is 0 Å². The summed E-state index contributed by atoms with van der Waals surface area (Å²) >= 11 is 0. The van der Waals surface area contributed by atoms with Crippen LogP contribution in [0.3, 0.4) is 0 Å². The first-order valence-electron chi connectivity index (χ1n) is 6.25. The largest absolute Gasteiger partial charge is 0.384 e. The van der Waals surface area contributed by atoms with Crippen LogP contribution >= 0.6 is 0 Å². The lowest BCUT2D eigenvalue weighted by molar-refractivity contribution is -0.119. The normalized spacial score (nSPS) is 10.4. The second-order valence-electron chi connectivity index (χ2n) is 4.22. The number of amides is 1. The quantitative estimate of drug-likeness (QED) is 0.801. The predicted octanol–water partition coefficient (Wildman–Crippen LogP) is 1.71. The van der Waals surface area contributed by atoms with Crippen LogP contribution in [-0.2, 0) is 9.53 Å². The number of rotatable bonds is 7. The molecule has 0 saturated carbocycles. The highest BCUT2D eigenvalue weighted by atomic mass is 16.5. The molecule has 1 aromatic carbocycles. The molecule has 0 aromatic heterocycles. The molecule has 1 aromatic rings. The zero-order valence-corrected chi connectivity index (χ0v) is 11.2. The fraction of sp³-hybridized carbons (Fsp3) is 0.500. The molecular weight excluding hydrogens is 228 g/mol. The molecule has 0 spiro atoms. The van der Waals surface area contributed by atoms with Gasteiger partial charge in [-0.05, 0) is 31.5 Å². The topological polar surface area (TPSA) is 55.6 Å². The molecule has 0 fully saturated rings. The Labute approximate surface area is 109 Å². The molecule has 0 atom stereocenters. The Morgan fingerprint density at radius 1 is 1.39 bits per heavy atom. The highest BCUT2D eigenvalue weighted by Gasteiger charge is 2.16. The van der Waals surface area contributed by atoms with Crippen LogP contribution in [0.2, 0.25) is 0 Å². The average Bonchev–Trinajstić information content (AvgIpc) is 2.38. The molecule has 18 heavy (non-hydrogen) atoms. The Bertz CT molecular complexity index is 380. The van der Waals surface area contributed by atoms with E-state index >= 15 is 0 Å². The van der Waals surface area contributed by atoms with Crippen molar-refractivity contribution < 1.29 is 9.53 Å². The second kappa shape index (κ2) is 7.84. The number of carbonyl (C=O) groups excluding carboxylic acids is 1. The first kappa shape index (κ1) is 14.7. The van der Waals surface area contributed by atoms with Crippen LogP contribution in [0.4, 0.5) is 5.69 Å². The lowest BCUT2D eigenvalue weighted by Crippen LogP contribution is -2.34. The van der Waals surface area contributed by atoms with E-state index in [4.69, 9.17) is 10.5 Å². The van der Waals surface area contributed by atoms with E-state index in [9.17, 15) is 4.79 Å². The van der Waals surface area contributed by atoms with Crippen molar-refractivity contribution in [2.45, 2.75) is 19.8 Å². The molecule has 4 heteroatoms. The fourth-order valence-electron chi connectivity index (χ4n) is 1.82. The summed E-state index contributed by atoms with van der Waals surface area (Å²) in [6, 6.07) is 7.89. The number of nitrogens with zero attached hydrogens (tertiary/aromatic N) is 1. The van der Waals surface area contributed by atoms with E-state index in [1.165, 1.54) is 0 Å². The van der Waals surface area contributed by atoms with Crippen molar-refractivity contribution in [2.75, 3.05) is 31.7 Å². The van der Waals surface area contributed by atoms with Crippen molar-refractivity contribution in [1.82, 2.24) is 0 Å². The summed E-state index contributed by atoms with van der Waals surface area (Å²) in [6.07, 6.45) is 1.20. The minimum atomic E-state index is 0.0830. The van der Waals surface area contributed by atoms with E-state index in [2.05, 4.69) is 0 Å². The number of benzene rings is 1. The molecule has 0 saturated heterocycles. The van der Waals surface area contributed by atoms with E-state index in [-0.39, 0.29) is 5.91 Å². The number of aryl methyl sites for hydroxylation is 1. The Kier molecular flexibility index (Phi) is 6.39. The molecule has 2 N–H and O–H groups in total. The number of carbonyl (C=O) groups is 1. The number of nitrogens with two attached hydrogens (primary N) is 1. The summed E-state index contributed by atoms with van der Waals surface area (Å²) in [6.45, 7) is 3.70. The van der Waals surface area contributed by atoms with E-state index in [1.54, 1.807) is 12.0 Å². The molecule has 1 amide bonds. The monoisotopic (exact) mass is 250 g/mol. The van der Waals surface area contributed by atoms with Crippen molar-refractivity contribution in [2.24, 2.45) is 5.73 Å². The van der Waals surface area contributed by atoms with Gasteiger partial charge in [-0.2, -0.15) is 0 Å². The van der Waals surface area contributed by atoms with Gasteiger partial charge in [0, 0.05) is 19.3 Å². The maximum atomic E-state index is 12.2. The SMILES string of the molecule is COCCC(=O)N(CCCN)c1ccccc1C.